The fourth-order valence-electron chi connectivity index (χ4n) is 1.99. The summed E-state index contributed by atoms with van der Waals surface area (Å²) in [7, 11) is 0. The lowest BCUT2D eigenvalue weighted by Gasteiger charge is -2.08. The van der Waals surface area contributed by atoms with Crippen molar-refractivity contribution in [3.63, 3.8) is 0 Å². The Morgan fingerprint density at radius 3 is 3.14 bits per heavy atom. The summed E-state index contributed by atoms with van der Waals surface area (Å²) < 4.78 is 1.96. The highest BCUT2D eigenvalue weighted by molar-refractivity contribution is 7.10. The lowest BCUT2D eigenvalue weighted by molar-refractivity contribution is 0.0942. The number of nitrogens with one attached hydrogen (secondary N) is 1. The zero-order chi connectivity index (χ0) is 15.1. The normalized spacial score (nSPS) is 10.0. The summed E-state index contributed by atoms with van der Waals surface area (Å²) in [6, 6.07) is 5.65. The fourth-order valence-corrected chi connectivity index (χ4v) is 2.75. The molecule has 2 aromatic rings. The van der Waals surface area contributed by atoms with E-state index in [1.54, 1.807) is 11.3 Å². The third-order valence-electron chi connectivity index (χ3n) is 2.92. The van der Waals surface area contributed by atoms with Gasteiger partial charge >= 0.3 is 0 Å². The Bertz CT molecular complexity index is 661. The highest BCUT2D eigenvalue weighted by Gasteiger charge is 2.10. The van der Waals surface area contributed by atoms with Crippen LogP contribution in [0, 0.1) is 11.8 Å². The summed E-state index contributed by atoms with van der Waals surface area (Å²) in [5.41, 5.74) is 1.56. The van der Waals surface area contributed by atoms with Gasteiger partial charge in [0, 0.05) is 28.6 Å². The van der Waals surface area contributed by atoms with Crippen LogP contribution in [0.2, 0.25) is 0 Å². The van der Waals surface area contributed by atoms with Gasteiger partial charge in [0.15, 0.2) is 0 Å². The van der Waals surface area contributed by atoms with Crippen LogP contribution in [0.5, 0.6) is 0 Å². The first-order valence-corrected chi connectivity index (χ1v) is 7.73. The predicted octanol–water partition coefficient (Wildman–Crippen LogP) is 2.23. The summed E-state index contributed by atoms with van der Waals surface area (Å²) in [4.78, 5) is 13.2. The van der Waals surface area contributed by atoms with E-state index < -0.39 is 0 Å². The van der Waals surface area contributed by atoms with Crippen LogP contribution in [0.25, 0.3) is 0 Å². The van der Waals surface area contributed by atoms with Crippen LogP contribution < -0.4 is 5.32 Å². The third-order valence-corrected chi connectivity index (χ3v) is 3.85. The highest BCUT2D eigenvalue weighted by atomic mass is 32.1. The fraction of sp³-hybridized carbons (Fsp3) is 0.312. The van der Waals surface area contributed by atoms with Crippen LogP contribution in [0.3, 0.4) is 0 Å². The number of aliphatic hydroxyl groups excluding tert-OH is 1. The zero-order valence-corrected chi connectivity index (χ0v) is 12.7. The summed E-state index contributed by atoms with van der Waals surface area (Å²) in [5, 5.41) is 13.5. The van der Waals surface area contributed by atoms with E-state index in [0.29, 0.717) is 12.2 Å². The quantitative estimate of drug-likeness (QED) is 0.832. The van der Waals surface area contributed by atoms with Crippen molar-refractivity contribution in [3.05, 3.63) is 45.9 Å². The van der Waals surface area contributed by atoms with Crippen molar-refractivity contribution < 1.29 is 9.90 Å². The van der Waals surface area contributed by atoms with Crippen LogP contribution in [0.4, 0.5) is 0 Å². The molecule has 2 rings (SSSR count). The molecule has 0 aromatic carbocycles. The smallest absolute Gasteiger partial charge is 0.268 e. The lowest BCUT2D eigenvalue weighted by atomic mass is 10.3. The summed E-state index contributed by atoms with van der Waals surface area (Å²) in [6.07, 6.45) is 2.92. The standard InChI is InChI=1S/C16H18N2O2S/c1-2-7-18-8-3-6-15(18)16(20)17-11-14-10-13(12-21-14)5-4-9-19/h3,6,8,10,12,19H,2,7,9,11H2,1H3,(H,17,20). The third kappa shape index (κ3) is 4.22. The van der Waals surface area contributed by atoms with Gasteiger partial charge in [0.05, 0.1) is 6.54 Å². The Morgan fingerprint density at radius 2 is 2.38 bits per heavy atom. The maximum Gasteiger partial charge on any atom is 0.268 e. The molecule has 1 amide bonds. The number of aromatic nitrogens is 1. The molecule has 0 fully saturated rings. The SMILES string of the molecule is CCCn1cccc1C(=O)NCc1cc(C#CCO)cs1. The van der Waals surface area contributed by atoms with Crippen molar-refractivity contribution in [2.24, 2.45) is 0 Å². The van der Waals surface area contributed by atoms with Gasteiger partial charge in [0.25, 0.3) is 5.91 Å². The summed E-state index contributed by atoms with van der Waals surface area (Å²) in [5.74, 6) is 5.39. The minimum atomic E-state index is -0.143. The average Bonchev–Trinajstić information content (AvgIpc) is 3.12. The molecule has 4 nitrogen and oxygen atoms in total. The molecule has 0 saturated heterocycles. The average molecular weight is 302 g/mol. The Balaban J connectivity index is 1.94. The van der Waals surface area contributed by atoms with Crippen LogP contribution >= 0.6 is 11.3 Å². The van der Waals surface area contributed by atoms with Crippen LogP contribution in [0.15, 0.2) is 29.8 Å². The second kappa shape index (κ2) is 7.67. The van der Waals surface area contributed by atoms with Gasteiger partial charge < -0.3 is 15.0 Å². The molecule has 0 spiro atoms. The molecule has 0 radical (unpaired) electrons. The Morgan fingerprint density at radius 1 is 1.52 bits per heavy atom. The first kappa shape index (κ1) is 15.4. The minimum absolute atomic E-state index is 0.0650. The molecule has 2 heterocycles. The van der Waals surface area contributed by atoms with Gasteiger partial charge in [-0.3, -0.25) is 4.79 Å². The molecule has 0 aliphatic heterocycles. The van der Waals surface area contributed by atoms with Crippen molar-refractivity contribution in [2.45, 2.75) is 26.4 Å². The molecule has 0 aliphatic rings. The number of carbonyl (C=O) groups excluding carboxylic acids is 1. The largest absolute Gasteiger partial charge is 0.384 e. The molecule has 2 N–H and O–H groups in total. The van der Waals surface area contributed by atoms with E-state index in [9.17, 15) is 4.79 Å². The number of carbonyl (C=O) groups is 1. The molecule has 0 aliphatic carbocycles. The van der Waals surface area contributed by atoms with Gasteiger partial charge in [-0.15, -0.1) is 11.3 Å². The molecule has 110 valence electrons. The summed E-state index contributed by atoms with van der Waals surface area (Å²) in [6.45, 7) is 3.27. The van der Waals surface area contributed by atoms with Crippen LogP contribution in [-0.4, -0.2) is 22.2 Å². The van der Waals surface area contributed by atoms with Gasteiger partial charge in [-0.05, 0) is 24.6 Å². The van der Waals surface area contributed by atoms with E-state index in [-0.39, 0.29) is 12.5 Å². The van der Waals surface area contributed by atoms with Gasteiger partial charge in [-0.25, -0.2) is 0 Å². The second-order valence-electron chi connectivity index (χ2n) is 4.53. The Hall–Kier alpha value is -2.03. The number of aryl methyl sites for hydroxylation is 1. The predicted molar refractivity (Wildman–Crippen MR) is 84.2 cm³/mol. The molecule has 0 saturated carbocycles. The van der Waals surface area contributed by atoms with Gasteiger partial charge in [0.1, 0.15) is 12.3 Å². The molecule has 5 heteroatoms. The number of amides is 1. The molecule has 0 unspecified atom stereocenters. The van der Waals surface area contributed by atoms with Crippen molar-refractivity contribution in [2.75, 3.05) is 6.61 Å². The Labute approximate surface area is 128 Å². The topological polar surface area (TPSA) is 54.3 Å². The molecule has 2 aromatic heterocycles. The van der Waals surface area contributed by atoms with Gasteiger partial charge in [-0.2, -0.15) is 0 Å². The molecule has 21 heavy (non-hydrogen) atoms. The van der Waals surface area contributed by atoms with Crippen molar-refractivity contribution >= 4 is 17.2 Å². The van der Waals surface area contributed by atoms with Gasteiger partial charge in [-0.1, -0.05) is 18.8 Å². The number of nitrogens with zero attached hydrogens (tertiary/aromatic N) is 1. The summed E-state index contributed by atoms with van der Waals surface area (Å²) >= 11 is 1.55. The zero-order valence-electron chi connectivity index (χ0n) is 11.9. The molecule has 0 bridgehead atoms. The van der Waals surface area contributed by atoms with E-state index in [1.165, 1.54) is 0 Å². The molecule has 0 atom stereocenters. The first-order valence-electron chi connectivity index (χ1n) is 6.85. The number of hydrogen-bond donors (Lipinski definition) is 2. The molecular formula is C16H18N2O2S. The second-order valence-corrected chi connectivity index (χ2v) is 5.53. The van der Waals surface area contributed by atoms with E-state index in [0.717, 1.165) is 23.4 Å². The van der Waals surface area contributed by atoms with Crippen molar-refractivity contribution in [1.29, 1.82) is 0 Å². The number of thiophene rings is 1. The van der Waals surface area contributed by atoms with Crippen LogP contribution in [-0.2, 0) is 13.1 Å². The number of rotatable bonds is 5. The first-order chi connectivity index (χ1) is 10.2. The van der Waals surface area contributed by atoms with Gasteiger partial charge in [0.2, 0.25) is 0 Å². The van der Waals surface area contributed by atoms with E-state index >= 15 is 0 Å². The van der Waals surface area contributed by atoms with E-state index in [4.69, 9.17) is 5.11 Å². The van der Waals surface area contributed by atoms with E-state index in [1.807, 2.05) is 34.3 Å². The minimum Gasteiger partial charge on any atom is -0.384 e. The molecular weight excluding hydrogens is 284 g/mol. The number of aliphatic hydroxyl groups is 1. The van der Waals surface area contributed by atoms with Crippen LogP contribution in [0.1, 0.15) is 34.3 Å². The maximum atomic E-state index is 12.2. The Kier molecular flexibility index (Phi) is 5.61. The van der Waals surface area contributed by atoms with E-state index in [2.05, 4.69) is 24.1 Å². The monoisotopic (exact) mass is 302 g/mol. The lowest BCUT2D eigenvalue weighted by Crippen LogP contribution is -2.25. The van der Waals surface area contributed by atoms with Crippen molar-refractivity contribution in [3.8, 4) is 11.8 Å². The number of hydrogen-bond acceptors (Lipinski definition) is 3. The van der Waals surface area contributed by atoms with Crippen molar-refractivity contribution in [1.82, 2.24) is 9.88 Å². The highest BCUT2D eigenvalue weighted by Crippen LogP contribution is 2.14. The maximum absolute atomic E-state index is 12.2.